The van der Waals surface area contributed by atoms with Crippen molar-refractivity contribution < 1.29 is 4.39 Å². The molecule has 8 nitrogen and oxygen atoms in total. The molecule has 4 aliphatic rings. The summed E-state index contributed by atoms with van der Waals surface area (Å²) in [5.41, 5.74) is 15.5. The van der Waals surface area contributed by atoms with Crippen LogP contribution in [-0.2, 0) is 10.8 Å². The minimum absolute atomic E-state index is 0.0351. The molecule has 2 aliphatic heterocycles. The molecule has 3 atom stereocenters. The average Bonchev–Trinajstić information content (AvgIpc) is 3.41. The molecule has 9 heteroatoms. The third-order valence-corrected chi connectivity index (χ3v) is 9.50. The number of hydrogen-bond donors (Lipinski definition) is 3. The van der Waals surface area contributed by atoms with Crippen molar-refractivity contribution in [1.82, 2.24) is 15.0 Å². The standard InChI is InChI=1S/C28H31FN8/c29-20-6-2-1-5-18(20)28(15-30)17-8-12-36(14-19(17)28)22-13-34-23(25(31)35-22)26(32)37-16-27(9-4-10-27)24-21(37)7-3-11-33-24/h1-3,5-7,11,13,17,19,32H,4,8-10,12,14-16,30H2,(H2,31,35)/t17-,19+,28-/m1/s1. The van der Waals surface area contributed by atoms with Crippen LogP contribution in [0.2, 0.25) is 0 Å². The molecule has 1 spiro atoms. The van der Waals surface area contributed by atoms with Gasteiger partial charge in [0, 0.05) is 43.2 Å². The van der Waals surface area contributed by atoms with Crippen LogP contribution in [0, 0.1) is 23.1 Å². The van der Waals surface area contributed by atoms with Crippen LogP contribution in [0.4, 0.5) is 21.7 Å². The summed E-state index contributed by atoms with van der Waals surface area (Å²) < 4.78 is 14.7. The Hall–Kier alpha value is -3.59. The highest BCUT2D eigenvalue weighted by Gasteiger charge is 2.66. The van der Waals surface area contributed by atoms with Crippen molar-refractivity contribution in [2.24, 2.45) is 17.6 Å². The van der Waals surface area contributed by atoms with E-state index in [0.717, 1.165) is 55.8 Å². The van der Waals surface area contributed by atoms with Gasteiger partial charge in [0.25, 0.3) is 0 Å². The van der Waals surface area contributed by atoms with Crippen LogP contribution in [0.25, 0.3) is 0 Å². The number of benzene rings is 1. The number of pyridine rings is 1. The first-order chi connectivity index (χ1) is 18.0. The van der Waals surface area contributed by atoms with Gasteiger partial charge < -0.3 is 21.3 Å². The predicted molar refractivity (Wildman–Crippen MR) is 141 cm³/mol. The molecule has 4 heterocycles. The summed E-state index contributed by atoms with van der Waals surface area (Å²) >= 11 is 0. The average molecular weight is 499 g/mol. The van der Waals surface area contributed by atoms with Crippen molar-refractivity contribution in [3.63, 3.8) is 0 Å². The van der Waals surface area contributed by atoms with Gasteiger partial charge in [-0.2, -0.15) is 0 Å². The summed E-state index contributed by atoms with van der Waals surface area (Å²) in [5, 5.41) is 8.97. The Morgan fingerprint density at radius 2 is 1.97 bits per heavy atom. The van der Waals surface area contributed by atoms with Gasteiger partial charge in [0.2, 0.25) is 0 Å². The fourth-order valence-corrected chi connectivity index (χ4v) is 7.38. The minimum Gasteiger partial charge on any atom is -0.382 e. The SMILES string of the molecule is N=C(c1ncc(N2CC[C@@H]3[C@H](C2)[C@@]3(CN)c2ccccc2F)nc1N)N1CC2(CCC2)c2ncccc21. The first-order valence-electron chi connectivity index (χ1n) is 13.1. The number of hydrogen-bond acceptors (Lipinski definition) is 7. The van der Waals surface area contributed by atoms with Crippen LogP contribution in [0.1, 0.15) is 42.6 Å². The lowest BCUT2D eigenvalue weighted by Gasteiger charge is -2.38. The number of nitrogen functional groups attached to an aromatic ring is 1. The molecule has 0 unspecified atom stereocenters. The summed E-state index contributed by atoms with van der Waals surface area (Å²) in [4.78, 5) is 18.1. The van der Waals surface area contributed by atoms with E-state index >= 15 is 0 Å². The Bertz CT molecular complexity index is 1400. The fourth-order valence-electron chi connectivity index (χ4n) is 7.38. The van der Waals surface area contributed by atoms with E-state index < -0.39 is 0 Å². The molecule has 0 radical (unpaired) electrons. The Balaban J connectivity index is 1.12. The smallest absolute Gasteiger partial charge is 0.155 e. The quantitative estimate of drug-likeness (QED) is 0.373. The van der Waals surface area contributed by atoms with Crippen molar-refractivity contribution in [3.05, 3.63) is 71.6 Å². The summed E-state index contributed by atoms with van der Waals surface area (Å²) in [6, 6.07) is 11.0. The van der Waals surface area contributed by atoms with E-state index in [-0.39, 0.29) is 34.2 Å². The number of rotatable bonds is 4. The number of nitrogens with one attached hydrogen (secondary N) is 1. The van der Waals surface area contributed by atoms with Gasteiger partial charge in [-0.25, -0.2) is 14.4 Å². The summed E-state index contributed by atoms with van der Waals surface area (Å²) in [6.07, 6.45) is 7.84. The summed E-state index contributed by atoms with van der Waals surface area (Å²) in [6.45, 7) is 2.67. The maximum Gasteiger partial charge on any atom is 0.155 e. The first-order valence-corrected chi connectivity index (χ1v) is 13.1. The highest BCUT2D eigenvalue weighted by Crippen LogP contribution is 2.63. The van der Waals surface area contributed by atoms with Crippen molar-refractivity contribution in [1.29, 1.82) is 5.41 Å². The normalized spacial score (nSPS) is 27.0. The second-order valence-electron chi connectivity index (χ2n) is 11.1. The van der Waals surface area contributed by atoms with E-state index in [0.29, 0.717) is 24.0 Å². The van der Waals surface area contributed by atoms with Gasteiger partial charge in [0.1, 0.15) is 17.3 Å². The van der Waals surface area contributed by atoms with E-state index in [1.807, 2.05) is 35.4 Å². The second-order valence-corrected chi connectivity index (χ2v) is 11.1. The van der Waals surface area contributed by atoms with E-state index in [2.05, 4.69) is 19.9 Å². The molecule has 1 saturated heterocycles. The molecule has 1 aromatic carbocycles. The zero-order chi connectivity index (χ0) is 25.4. The Morgan fingerprint density at radius 3 is 2.70 bits per heavy atom. The Kier molecular flexibility index (Phi) is 4.86. The van der Waals surface area contributed by atoms with Crippen LogP contribution >= 0.6 is 0 Å². The molecule has 37 heavy (non-hydrogen) atoms. The number of halogens is 1. The third-order valence-electron chi connectivity index (χ3n) is 9.50. The van der Waals surface area contributed by atoms with Gasteiger partial charge in [-0.3, -0.25) is 10.4 Å². The minimum atomic E-state index is -0.324. The molecule has 3 aromatic rings. The lowest BCUT2D eigenvalue weighted by Crippen LogP contribution is -2.42. The summed E-state index contributed by atoms with van der Waals surface area (Å²) in [7, 11) is 0. The van der Waals surface area contributed by atoms with Crippen molar-refractivity contribution in [3.8, 4) is 0 Å². The van der Waals surface area contributed by atoms with Gasteiger partial charge in [0.05, 0.1) is 17.6 Å². The van der Waals surface area contributed by atoms with Gasteiger partial charge in [-0.1, -0.05) is 24.6 Å². The topological polar surface area (TPSA) is 121 Å². The molecule has 2 aliphatic carbocycles. The molecule has 0 amide bonds. The molecule has 5 N–H and O–H groups in total. The van der Waals surface area contributed by atoms with Crippen molar-refractivity contribution in [2.75, 3.05) is 41.7 Å². The van der Waals surface area contributed by atoms with Gasteiger partial charge >= 0.3 is 0 Å². The zero-order valence-corrected chi connectivity index (χ0v) is 20.7. The molecule has 7 rings (SSSR count). The van der Waals surface area contributed by atoms with Gasteiger partial charge in [0.15, 0.2) is 11.7 Å². The largest absolute Gasteiger partial charge is 0.382 e. The predicted octanol–water partition coefficient (Wildman–Crippen LogP) is 3.21. The van der Waals surface area contributed by atoms with Crippen LogP contribution in [-0.4, -0.2) is 47.0 Å². The summed E-state index contributed by atoms with van der Waals surface area (Å²) in [5.74, 6) is 1.65. The van der Waals surface area contributed by atoms with Crippen LogP contribution in [0.3, 0.4) is 0 Å². The number of nitrogens with zero attached hydrogens (tertiary/aromatic N) is 5. The van der Waals surface area contributed by atoms with Crippen LogP contribution in [0.15, 0.2) is 48.8 Å². The molecule has 190 valence electrons. The first kappa shape index (κ1) is 22.6. The lowest BCUT2D eigenvalue weighted by atomic mass is 9.67. The molecule has 0 bridgehead atoms. The van der Waals surface area contributed by atoms with Crippen LogP contribution in [0.5, 0.6) is 0 Å². The van der Waals surface area contributed by atoms with E-state index in [9.17, 15) is 4.39 Å². The number of anilines is 3. The molecular formula is C28H31FN8. The van der Waals surface area contributed by atoms with E-state index in [1.54, 1.807) is 12.3 Å². The number of amidine groups is 1. The number of piperidine rings is 1. The lowest BCUT2D eigenvalue weighted by molar-refractivity contribution is 0.261. The Morgan fingerprint density at radius 1 is 1.14 bits per heavy atom. The Labute approximate surface area is 215 Å². The van der Waals surface area contributed by atoms with E-state index in [1.165, 1.54) is 12.5 Å². The van der Waals surface area contributed by atoms with Crippen LogP contribution < -0.4 is 21.3 Å². The van der Waals surface area contributed by atoms with Gasteiger partial charge in [-0.15, -0.1) is 0 Å². The molecule has 2 saturated carbocycles. The van der Waals surface area contributed by atoms with E-state index in [4.69, 9.17) is 16.9 Å². The number of fused-ring (bicyclic) bond motifs is 3. The fraction of sp³-hybridized carbons (Fsp3) is 0.429. The maximum atomic E-state index is 14.7. The maximum absolute atomic E-state index is 14.7. The monoisotopic (exact) mass is 498 g/mol. The second kappa shape index (κ2) is 7.95. The van der Waals surface area contributed by atoms with Crippen molar-refractivity contribution in [2.45, 2.75) is 36.5 Å². The highest BCUT2D eigenvalue weighted by atomic mass is 19.1. The third kappa shape index (κ3) is 3.09. The molecule has 3 fully saturated rings. The molecule has 2 aromatic heterocycles. The number of nitrogens with two attached hydrogens (primary N) is 2. The number of aromatic nitrogens is 3. The highest BCUT2D eigenvalue weighted by molar-refractivity contribution is 6.10. The van der Waals surface area contributed by atoms with Gasteiger partial charge in [-0.05, 0) is 54.9 Å². The molecular weight excluding hydrogens is 467 g/mol. The van der Waals surface area contributed by atoms with Crippen molar-refractivity contribution >= 4 is 23.2 Å². The zero-order valence-electron chi connectivity index (χ0n) is 20.7.